The van der Waals surface area contributed by atoms with Crippen molar-refractivity contribution in [2.45, 2.75) is 25.2 Å². The van der Waals surface area contributed by atoms with Gasteiger partial charge in [-0.1, -0.05) is 78.9 Å². The lowest BCUT2D eigenvalue weighted by Gasteiger charge is -2.52. The molecule has 180 valence electrons. The molecule has 0 spiro atoms. The molecule has 37 heavy (non-hydrogen) atoms. The molecule has 3 aliphatic carbocycles. The number of aliphatic imine (C=N–C) groups is 1. The molecule has 4 nitrogen and oxygen atoms in total. The number of benzene rings is 4. The summed E-state index contributed by atoms with van der Waals surface area (Å²) in [6.45, 7) is 4.15. The van der Waals surface area contributed by atoms with Crippen LogP contribution in [0.5, 0.6) is 0 Å². The maximum Gasteiger partial charge on any atom is 0.239 e. The van der Waals surface area contributed by atoms with E-state index in [2.05, 4.69) is 44.2 Å². The van der Waals surface area contributed by atoms with Crippen LogP contribution in [-0.2, 0) is 15.0 Å². The van der Waals surface area contributed by atoms with Gasteiger partial charge in [-0.2, -0.15) is 0 Å². The number of imide groups is 1. The number of carbonyl (C=O) groups is 2. The van der Waals surface area contributed by atoms with Crippen LogP contribution in [0.3, 0.4) is 0 Å². The van der Waals surface area contributed by atoms with E-state index in [0.717, 1.165) is 33.5 Å². The van der Waals surface area contributed by atoms with Gasteiger partial charge in [0.25, 0.3) is 0 Å². The van der Waals surface area contributed by atoms with Gasteiger partial charge < -0.3 is 0 Å². The van der Waals surface area contributed by atoms with E-state index in [-0.39, 0.29) is 17.7 Å². The number of carbonyl (C=O) groups excluding carboxylic acids is 2. The first-order chi connectivity index (χ1) is 18.0. The lowest BCUT2D eigenvalue weighted by molar-refractivity contribution is -0.122. The normalized spacial score (nSPS) is 25.4. The highest BCUT2D eigenvalue weighted by molar-refractivity contribution is 6.25. The number of aryl methyl sites for hydroxylation is 1. The number of hydrogen-bond donors (Lipinski definition) is 0. The standard InChI is InChI=1S/C33H26N2O2/c1-20-11-10-18-27(21(20)2)34-19-33-25-16-8-6-14-23(25)28(24-15-7-9-17-26(24)33)29-30(33)32(37)35(31(29)36)22-12-4-3-5-13-22/h3-19,28-30H,1-2H3/t28?,29-,30+,33?/m0/s1. The number of anilines is 1. The van der Waals surface area contributed by atoms with E-state index in [9.17, 15) is 9.59 Å². The van der Waals surface area contributed by atoms with Crippen LogP contribution in [0.2, 0.25) is 0 Å². The molecule has 4 aromatic rings. The Labute approximate surface area is 216 Å². The summed E-state index contributed by atoms with van der Waals surface area (Å²) in [4.78, 5) is 35.0. The predicted molar refractivity (Wildman–Crippen MR) is 145 cm³/mol. The van der Waals surface area contributed by atoms with Crippen LogP contribution in [0, 0.1) is 25.7 Å². The maximum absolute atomic E-state index is 14.3. The van der Waals surface area contributed by atoms with Gasteiger partial charge in [0, 0.05) is 12.1 Å². The van der Waals surface area contributed by atoms with Crippen LogP contribution < -0.4 is 4.90 Å². The quantitative estimate of drug-likeness (QED) is 0.256. The minimum absolute atomic E-state index is 0.125. The molecule has 1 saturated heterocycles. The third-order valence-corrected chi connectivity index (χ3v) is 8.68. The van der Waals surface area contributed by atoms with Crippen molar-refractivity contribution in [3.8, 4) is 0 Å². The van der Waals surface area contributed by atoms with Gasteiger partial charge in [0.15, 0.2) is 0 Å². The first-order valence-corrected chi connectivity index (χ1v) is 12.8. The third kappa shape index (κ3) is 2.81. The van der Waals surface area contributed by atoms with Gasteiger partial charge >= 0.3 is 0 Å². The fraction of sp³-hybridized carbons (Fsp3) is 0.182. The average Bonchev–Trinajstić information content (AvgIpc) is 3.21. The molecule has 2 atom stereocenters. The van der Waals surface area contributed by atoms with Gasteiger partial charge in [-0.25, -0.2) is 4.90 Å². The summed E-state index contributed by atoms with van der Waals surface area (Å²) in [7, 11) is 0. The number of rotatable bonds is 3. The van der Waals surface area contributed by atoms with Crippen molar-refractivity contribution >= 4 is 29.4 Å². The molecule has 0 unspecified atom stereocenters. The van der Waals surface area contributed by atoms with Gasteiger partial charge in [-0.05, 0) is 65.4 Å². The third-order valence-electron chi connectivity index (χ3n) is 8.68. The molecule has 2 bridgehead atoms. The van der Waals surface area contributed by atoms with E-state index in [1.54, 1.807) is 0 Å². The van der Waals surface area contributed by atoms with Crippen molar-refractivity contribution in [1.82, 2.24) is 0 Å². The van der Waals surface area contributed by atoms with Crippen molar-refractivity contribution in [1.29, 1.82) is 0 Å². The summed E-state index contributed by atoms with van der Waals surface area (Å²) in [6.07, 6.45) is 1.97. The Morgan fingerprint density at radius 3 is 2.03 bits per heavy atom. The molecule has 4 aliphatic rings. The highest BCUT2D eigenvalue weighted by Gasteiger charge is 2.67. The molecule has 1 aliphatic heterocycles. The fourth-order valence-corrected chi connectivity index (χ4v) is 6.93. The van der Waals surface area contributed by atoms with E-state index in [4.69, 9.17) is 4.99 Å². The van der Waals surface area contributed by atoms with Crippen LogP contribution in [0.1, 0.15) is 39.3 Å². The number of nitrogens with zero attached hydrogens (tertiary/aromatic N) is 2. The molecule has 2 amide bonds. The molecule has 1 fully saturated rings. The summed E-state index contributed by atoms with van der Waals surface area (Å²) >= 11 is 0. The zero-order valence-corrected chi connectivity index (χ0v) is 20.8. The van der Waals surface area contributed by atoms with E-state index < -0.39 is 17.3 Å². The summed E-state index contributed by atoms with van der Waals surface area (Å²) in [5.74, 6) is -1.49. The fourth-order valence-electron chi connectivity index (χ4n) is 6.93. The van der Waals surface area contributed by atoms with Crippen molar-refractivity contribution < 1.29 is 9.59 Å². The Hall–Kier alpha value is -4.31. The van der Waals surface area contributed by atoms with E-state index in [0.29, 0.717) is 5.69 Å². The lowest BCUT2D eigenvalue weighted by atomic mass is 9.47. The maximum atomic E-state index is 14.3. The zero-order chi connectivity index (χ0) is 25.3. The number of hydrogen-bond acceptors (Lipinski definition) is 3. The Morgan fingerprint density at radius 2 is 1.35 bits per heavy atom. The van der Waals surface area contributed by atoms with Gasteiger partial charge in [0.05, 0.1) is 28.6 Å². The SMILES string of the molecule is Cc1cccc(N=CC23c4ccccc4C(c4ccccc42)[C@@H]2C(=O)N(c4ccccc4)C(=O)[C@@H]23)c1C. The Bertz CT molecular complexity index is 1570. The molecule has 4 aromatic carbocycles. The van der Waals surface area contributed by atoms with Gasteiger partial charge in [-0.3, -0.25) is 14.6 Å². The van der Waals surface area contributed by atoms with Crippen molar-refractivity contribution in [3.63, 3.8) is 0 Å². The molecule has 8 rings (SSSR count). The van der Waals surface area contributed by atoms with Gasteiger partial charge in [0.2, 0.25) is 11.8 Å². The topological polar surface area (TPSA) is 49.7 Å². The monoisotopic (exact) mass is 482 g/mol. The molecular weight excluding hydrogens is 456 g/mol. The first kappa shape index (κ1) is 21.9. The number of para-hydroxylation sites is 1. The average molecular weight is 483 g/mol. The summed E-state index contributed by atoms with van der Waals surface area (Å²) in [5, 5.41) is 0. The molecule has 0 radical (unpaired) electrons. The minimum atomic E-state index is -0.848. The number of amides is 2. The van der Waals surface area contributed by atoms with Crippen molar-refractivity contribution in [2.75, 3.05) is 4.90 Å². The van der Waals surface area contributed by atoms with Crippen LogP contribution in [0.4, 0.5) is 11.4 Å². The van der Waals surface area contributed by atoms with Crippen LogP contribution in [-0.4, -0.2) is 18.0 Å². The molecule has 0 saturated carbocycles. The summed E-state index contributed by atoms with van der Waals surface area (Å²) in [6, 6.07) is 32.0. The van der Waals surface area contributed by atoms with Crippen molar-refractivity contribution in [2.24, 2.45) is 16.8 Å². The Morgan fingerprint density at radius 1 is 0.730 bits per heavy atom. The van der Waals surface area contributed by atoms with Crippen LogP contribution in [0.15, 0.2) is 102 Å². The highest BCUT2D eigenvalue weighted by Crippen LogP contribution is 2.63. The van der Waals surface area contributed by atoms with Crippen LogP contribution >= 0.6 is 0 Å². The van der Waals surface area contributed by atoms with Gasteiger partial charge in [-0.15, -0.1) is 0 Å². The lowest BCUT2D eigenvalue weighted by Crippen LogP contribution is -2.54. The minimum Gasteiger partial charge on any atom is -0.274 e. The second kappa shape index (κ2) is 7.84. The Balaban J connectivity index is 1.52. The second-order valence-electron chi connectivity index (χ2n) is 10.3. The Kier molecular flexibility index (Phi) is 4.65. The van der Waals surface area contributed by atoms with Gasteiger partial charge in [0.1, 0.15) is 0 Å². The smallest absolute Gasteiger partial charge is 0.239 e. The van der Waals surface area contributed by atoms with Crippen LogP contribution in [0.25, 0.3) is 0 Å². The summed E-state index contributed by atoms with van der Waals surface area (Å²) < 4.78 is 0. The molecule has 4 heteroatoms. The zero-order valence-electron chi connectivity index (χ0n) is 20.8. The first-order valence-electron chi connectivity index (χ1n) is 12.8. The second-order valence-corrected chi connectivity index (χ2v) is 10.3. The highest BCUT2D eigenvalue weighted by atomic mass is 16.2. The summed E-state index contributed by atoms with van der Waals surface area (Å²) in [5.41, 5.74) is 7.32. The van der Waals surface area contributed by atoms with E-state index in [1.807, 2.05) is 72.9 Å². The molecule has 0 N–H and O–H groups in total. The molecule has 0 aromatic heterocycles. The molecule has 1 heterocycles. The molecular formula is C33H26N2O2. The largest absolute Gasteiger partial charge is 0.274 e. The van der Waals surface area contributed by atoms with Crippen molar-refractivity contribution in [3.05, 3.63) is 130 Å². The van der Waals surface area contributed by atoms with E-state index in [1.165, 1.54) is 10.5 Å². The van der Waals surface area contributed by atoms with E-state index >= 15 is 0 Å². The predicted octanol–water partition coefficient (Wildman–Crippen LogP) is 6.26.